The van der Waals surface area contributed by atoms with Gasteiger partial charge in [0.1, 0.15) is 17.3 Å². The minimum Gasteiger partial charge on any atom is -0.507 e. The molecule has 2 aliphatic heterocycles. The number of hydrogen-bond donors (Lipinski definition) is 1. The fraction of sp³-hybridized carbons (Fsp3) is 0.222. The van der Waals surface area contributed by atoms with Crippen molar-refractivity contribution < 1.29 is 19.0 Å². The van der Waals surface area contributed by atoms with Crippen LogP contribution in [0, 0.1) is 12.7 Å². The van der Waals surface area contributed by atoms with Crippen molar-refractivity contribution in [2.75, 3.05) is 31.1 Å². The van der Waals surface area contributed by atoms with Crippen LogP contribution in [0.25, 0.3) is 6.08 Å². The summed E-state index contributed by atoms with van der Waals surface area (Å²) in [4.78, 5) is 17.3. The van der Waals surface area contributed by atoms with E-state index in [-0.39, 0.29) is 23.1 Å². The van der Waals surface area contributed by atoms with Gasteiger partial charge >= 0.3 is 0 Å². The normalized spacial score (nSPS) is 17.2. The highest BCUT2D eigenvalue weighted by Crippen LogP contribution is 2.42. The van der Waals surface area contributed by atoms with Gasteiger partial charge in [0, 0.05) is 37.7 Å². The number of para-hydroxylation sites is 1. The number of anilines is 1. The Bertz CT molecular complexity index is 1300. The predicted molar refractivity (Wildman–Crippen MR) is 131 cm³/mol. The number of allylic oxidation sites excluding steroid dienone is 1. The number of rotatable bonds is 4. The quantitative estimate of drug-likeness (QED) is 0.507. The number of ketones is 1. The summed E-state index contributed by atoms with van der Waals surface area (Å²) in [5.41, 5.74) is 3.00. The highest BCUT2D eigenvalue weighted by atomic mass is 35.5. The zero-order valence-corrected chi connectivity index (χ0v) is 19.5. The fourth-order valence-corrected chi connectivity index (χ4v) is 4.74. The molecular weight excluding hydrogens is 455 g/mol. The Kier molecular flexibility index (Phi) is 6.02. The average Bonchev–Trinajstić information content (AvgIpc) is 3.15. The van der Waals surface area contributed by atoms with Crippen molar-refractivity contribution in [3.8, 4) is 11.5 Å². The zero-order chi connectivity index (χ0) is 23.8. The largest absolute Gasteiger partial charge is 0.507 e. The van der Waals surface area contributed by atoms with Crippen LogP contribution in [-0.4, -0.2) is 42.0 Å². The van der Waals surface area contributed by atoms with Crippen LogP contribution in [0.3, 0.4) is 0 Å². The lowest BCUT2D eigenvalue weighted by molar-refractivity contribution is 0.101. The van der Waals surface area contributed by atoms with Gasteiger partial charge in [0.05, 0.1) is 16.8 Å². The first-order chi connectivity index (χ1) is 16.4. The second kappa shape index (κ2) is 9.12. The number of nitrogens with zero attached hydrogens (tertiary/aromatic N) is 2. The van der Waals surface area contributed by atoms with Crippen molar-refractivity contribution >= 4 is 29.1 Å². The number of ether oxygens (including phenoxy) is 1. The van der Waals surface area contributed by atoms with E-state index in [0.717, 1.165) is 0 Å². The maximum Gasteiger partial charge on any atom is 0.232 e. The Balaban J connectivity index is 1.38. The molecule has 174 valence electrons. The van der Waals surface area contributed by atoms with E-state index in [1.165, 1.54) is 6.07 Å². The van der Waals surface area contributed by atoms with Crippen LogP contribution in [0.4, 0.5) is 10.1 Å². The van der Waals surface area contributed by atoms with E-state index in [2.05, 4.69) is 4.90 Å². The second-order valence-electron chi connectivity index (χ2n) is 8.57. The Labute approximate surface area is 202 Å². The highest BCUT2D eigenvalue weighted by molar-refractivity contribution is 6.32. The monoisotopic (exact) mass is 478 g/mol. The average molecular weight is 479 g/mol. The van der Waals surface area contributed by atoms with Crippen LogP contribution in [0.15, 0.2) is 60.4 Å². The number of fused-ring (bicyclic) bond motifs is 1. The number of halogens is 2. The molecule has 1 fully saturated rings. The third kappa shape index (κ3) is 4.15. The first-order valence-corrected chi connectivity index (χ1v) is 11.6. The van der Waals surface area contributed by atoms with Gasteiger partial charge in [0.25, 0.3) is 0 Å². The third-order valence-corrected chi connectivity index (χ3v) is 6.70. The van der Waals surface area contributed by atoms with Crippen molar-refractivity contribution in [1.82, 2.24) is 4.90 Å². The van der Waals surface area contributed by atoms with Crippen LogP contribution in [-0.2, 0) is 6.54 Å². The minimum atomic E-state index is -0.227. The summed E-state index contributed by atoms with van der Waals surface area (Å²) < 4.78 is 20.2. The fourth-order valence-electron chi connectivity index (χ4n) is 4.54. The number of benzene rings is 3. The molecule has 7 heteroatoms. The molecule has 34 heavy (non-hydrogen) atoms. The van der Waals surface area contributed by atoms with E-state index in [0.29, 0.717) is 71.4 Å². The van der Waals surface area contributed by atoms with Crippen molar-refractivity contribution in [1.29, 1.82) is 0 Å². The molecule has 0 aliphatic carbocycles. The van der Waals surface area contributed by atoms with E-state index in [4.69, 9.17) is 16.3 Å². The van der Waals surface area contributed by atoms with Gasteiger partial charge in [-0.25, -0.2) is 4.39 Å². The molecule has 0 saturated carbocycles. The van der Waals surface area contributed by atoms with Crippen LogP contribution in [0.1, 0.15) is 27.0 Å². The molecule has 0 radical (unpaired) electrons. The molecule has 3 aromatic rings. The Morgan fingerprint density at radius 2 is 1.79 bits per heavy atom. The number of aryl methyl sites for hydroxylation is 1. The van der Waals surface area contributed by atoms with E-state index in [1.807, 2.05) is 29.2 Å². The smallest absolute Gasteiger partial charge is 0.232 e. The number of phenols is 1. The lowest BCUT2D eigenvalue weighted by atomic mass is 9.99. The molecule has 2 aliphatic rings. The minimum absolute atomic E-state index is 0.0968. The van der Waals surface area contributed by atoms with Gasteiger partial charge in [-0.05, 0) is 48.4 Å². The number of piperazine rings is 1. The topological polar surface area (TPSA) is 53.0 Å². The van der Waals surface area contributed by atoms with Gasteiger partial charge in [-0.1, -0.05) is 41.9 Å². The summed E-state index contributed by atoms with van der Waals surface area (Å²) in [5.74, 6) is 0.229. The number of phenolic OH excluding ortho intramolecular Hbond substituents is 1. The third-order valence-electron chi connectivity index (χ3n) is 6.36. The summed E-state index contributed by atoms with van der Waals surface area (Å²) in [7, 11) is 0. The molecule has 0 spiro atoms. The number of aromatic hydroxyl groups is 1. The van der Waals surface area contributed by atoms with Crippen molar-refractivity contribution in [2.45, 2.75) is 13.5 Å². The van der Waals surface area contributed by atoms with Crippen LogP contribution in [0.2, 0.25) is 5.02 Å². The van der Waals surface area contributed by atoms with E-state index >= 15 is 0 Å². The van der Waals surface area contributed by atoms with Crippen molar-refractivity contribution in [2.24, 2.45) is 0 Å². The molecule has 0 aromatic heterocycles. The molecule has 0 unspecified atom stereocenters. The van der Waals surface area contributed by atoms with Gasteiger partial charge in [-0.2, -0.15) is 0 Å². The molecule has 1 saturated heterocycles. The van der Waals surface area contributed by atoms with Crippen molar-refractivity contribution in [3.63, 3.8) is 0 Å². The molecule has 2 heterocycles. The summed E-state index contributed by atoms with van der Waals surface area (Å²) in [6.45, 7) is 4.90. The molecule has 1 N–H and O–H groups in total. The number of carbonyl (C=O) groups excluding carboxylic acids is 1. The summed E-state index contributed by atoms with van der Waals surface area (Å²) in [6, 6.07) is 15.6. The first-order valence-electron chi connectivity index (χ1n) is 11.2. The molecular formula is C27H24ClFN2O3. The SMILES string of the molecule is Cc1cc(O)c(CN2CCN(c3ccccc3F)CC2)c2c1C(=O)/C(=C/c1ccccc1Cl)O2. The standard InChI is InChI=1S/C27H24ClFN2O3/c1-17-14-23(32)19(16-30-10-12-31(13-11-30)22-9-5-4-8-21(22)29)27-25(17)26(33)24(34-27)15-18-6-2-3-7-20(18)28/h2-9,14-15,32H,10-13,16H2,1H3/b24-15-. The van der Waals surface area contributed by atoms with E-state index in [1.54, 1.807) is 37.3 Å². The highest BCUT2D eigenvalue weighted by Gasteiger charge is 2.34. The first kappa shape index (κ1) is 22.4. The Morgan fingerprint density at radius 1 is 1.09 bits per heavy atom. The molecule has 5 nitrogen and oxygen atoms in total. The number of hydrogen-bond acceptors (Lipinski definition) is 5. The van der Waals surface area contributed by atoms with Gasteiger partial charge < -0.3 is 14.7 Å². The molecule has 0 amide bonds. The number of carbonyl (C=O) groups is 1. The maximum absolute atomic E-state index is 14.2. The number of Topliss-reactive ketones (excluding diaryl/α,β-unsaturated/α-hetero) is 1. The van der Waals surface area contributed by atoms with Crippen molar-refractivity contribution in [3.05, 3.63) is 93.5 Å². The Hall–Kier alpha value is -3.35. The van der Waals surface area contributed by atoms with E-state index in [9.17, 15) is 14.3 Å². The molecule has 0 atom stereocenters. The van der Waals surface area contributed by atoms with Gasteiger partial charge in [-0.3, -0.25) is 9.69 Å². The van der Waals surface area contributed by atoms with Gasteiger partial charge in [0.2, 0.25) is 5.78 Å². The zero-order valence-electron chi connectivity index (χ0n) is 18.7. The van der Waals surface area contributed by atoms with Crippen LogP contribution in [0.5, 0.6) is 11.5 Å². The van der Waals surface area contributed by atoms with Gasteiger partial charge in [-0.15, -0.1) is 0 Å². The lowest BCUT2D eigenvalue weighted by Gasteiger charge is -2.36. The van der Waals surface area contributed by atoms with Crippen LogP contribution >= 0.6 is 11.6 Å². The molecule has 3 aromatic carbocycles. The second-order valence-corrected chi connectivity index (χ2v) is 8.98. The maximum atomic E-state index is 14.2. The van der Waals surface area contributed by atoms with Gasteiger partial charge in [0.15, 0.2) is 5.76 Å². The Morgan fingerprint density at radius 3 is 2.53 bits per heavy atom. The summed E-state index contributed by atoms with van der Waals surface area (Å²) in [6.07, 6.45) is 1.64. The summed E-state index contributed by atoms with van der Waals surface area (Å²) in [5, 5.41) is 11.3. The molecule has 5 rings (SSSR count). The lowest BCUT2D eigenvalue weighted by Crippen LogP contribution is -2.46. The summed E-state index contributed by atoms with van der Waals surface area (Å²) >= 11 is 6.26. The molecule has 0 bridgehead atoms. The van der Waals surface area contributed by atoms with Crippen LogP contribution < -0.4 is 9.64 Å². The van der Waals surface area contributed by atoms with E-state index < -0.39 is 0 Å². The predicted octanol–water partition coefficient (Wildman–Crippen LogP) is 5.43.